The van der Waals surface area contributed by atoms with Gasteiger partial charge in [0, 0.05) is 61.1 Å². The van der Waals surface area contributed by atoms with E-state index in [9.17, 15) is 4.79 Å². The Labute approximate surface area is 203 Å². The number of carbonyl (C=O) groups is 1. The average Bonchev–Trinajstić information content (AvgIpc) is 2.86. The molecule has 1 saturated carbocycles. The number of nitrogens with zero attached hydrogens (tertiary/aromatic N) is 3. The van der Waals surface area contributed by atoms with Crippen molar-refractivity contribution in [2.75, 3.05) is 42.5 Å². The molecule has 1 saturated heterocycles. The smallest absolute Gasteiger partial charge is 0.230 e. The van der Waals surface area contributed by atoms with Crippen LogP contribution in [0.4, 0.5) is 11.4 Å². The van der Waals surface area contributed by atoms with Crippen molar-refractivity contribution in [1.82, 2.24) is 4.90 Å². The van der Waals surface area contributed by atoms with Crippen molar-refractivity contribution in [2.45, 2.75) is 57.9 Å². The van der Waals surface area contributed by atoms with E-state index in [0.717, 1.165) is 69.1 Å². The minimum atomic E-state index is 0.204. The molecule has 2 heterocycles. The number of para-hydroxylation sites is 1. The Morgan fingerprint density at radius 1 is 0.939 bits per heavy atom. The summed E-state index contributed by atoms with van der Waals surface area (Å²) in [6, 6.07) is 15.0. The molecule has 0 spiro atoms. The zero-order valence-electron chi connectivity index (χ0n) is 19.8. The van der Waals surface area contributed by atoms with Gasteiger partial charge in [0.15, 0.2) is 0 Å². The van der Waals surface area contributed by atoms with Crippen LogP contribution in [0, 0.1) is 12.8 Å². The Hall–Kier alpha value is -2.04. The maximum absolute atomic E-state index is 13.8. The molecule has 1 atom stereocenters. The molecule has 2 aromatic rings. The molecule has 0 radical (unpaired) electrons. The Morgan fingerprint density at radius 3 is 2.48 bits per heavy atom. The van der Waals surface area contributed by atoms with Crippen LogP contribution in [0.25, 0.3) is 0 Å². The molecule has 2 aliphatic heterocycles. The summed E-state index contributed by atoms with van der Waals surface area (Å²) >= 11 is 6.27. The molecular formula is C28H36ClN3O. The van der Waals surface area contributed by atoms with Crippen LogP contribution < -0.4 is 9.80 Å². The predicted molar refractivity (Wildman–Crippen MR) is 137 cm³/mol. The summed E-state index contributed by atoms with van der Waals surface area (Å²) in [5.74, 6) is 0.579. The molecule has 1 aliphatic carbocycles. The van der Waals surface area contributed by atoms with Crippen molar-refractivity contribution >= 4 is 28.9 Å². The molecule has 1 unspecified atom stereocenters. The molecule has 4 nitrogen and oxygen atoms in total. The van der Waals surface area contributed by atoms with Crippen molar-refractivity contribution in [1.29, 1.82) is 0 Å². The first-order chi connectivity index (χ1) is 16.1. The number of rotatable bonds is 4. The largest absolute Gasteiger partial charge is 0.369 e. The maximum Gasteiger partial charge on any atom is 0.230 e. The Bertz CT molecular complexity index is 979. The van der Waals surface area contributed by atoms with Gasteiger partial charge >= 0.3 is 0 Å². The second-order valence-corrected chi connectivity index (χ2v) is 10.5. The van der Waals surface area contributed by atoms with E-state index in [4.69, 9.17) is 11.6 Å². The number of amides is 1. The van der Waals surface area contributed by atoms with Crippen LogP contribution in [0.15, 0.2) is 42.5 Å². The van der Waals surface area contributed by atoms with Gasteiger partial charge in [-0.1, -0.05) is 55.1 Å². The van der Waals surface area contributed by atoms with E-state index >= 15 is 0 Å². The van der Waals surface area contributed by atoms with Gasteiger partial charge in [0.25, 0.3) is 0 Å². The van der Waals surface area contributed by atoms with Gasteiger partial charge in [-0.05, 0) is 61.9 Å². The van der Waals surface area contributed by atoms with Gasteiger partial charge in [-0.15, -0.1) is 0 Å². The van der Waals surface area contributed by atoms with Gasteiger partial charge in [-0.25, -0.2) is 0 Å². The number of piperazine rings is 1. The third-order valence-electron chi connectivity index (χ3n) is 7.91. The van der Waals surface area contributed by atoms with E-state index in [1.165, 1.54) is 36.1 Å². The Kier molecular flexibility index (Phi) is 6.94. The lowest BCUT2D eigenvalue weighted by molar-refractivity contribution is -0.124. The second kappa shape index (κ2) is 10.1. The van der Waals surface area contributed by atoms with Gasteiger partial charge in [-0.3, -0.25) is 9.69 Å². The summed E-state index contributed by atoms with van der Waals surface area (Å²) in [6.07, 6.45) is 7.91. The molecule has 176 valence electrons. The molecule has 33 heavy (non-hydrogen) atoms. The van der Waals surface area contributed by atoms with Crippen molar-refractivity contribution in [2.24, 2.45) is 5.92 Å². The van der Waals surface area contributed by atoms with Crippen molar-refractivity contribution < 1.29 is 4.79 Å². The van der Waals surface area contributed by atoms with Crippen LogP contribution in [0.5, 0.6) is 0 Å². The monoisotopic (exact) mass is 465 g/mol. The first-order valence-corrected chi connectivity index (χ1v) is 13.1. The van der Waals surface area contributed by atoms with Crippen LogP contribution in [0.3, 0.4) is 0 Å². The van der Waals surface area contributed by atoms with Crippen LogP contribution in [0.1, 0.15) is 49.7 Å². The summed E-state index contributed by atoms with van der Waals surface area (Å²) < 4.78 is 0. The molecular weight excluding hydrogens is 430 g/mol. The minimum Gasteiger partial charge on any atom is -0.369 e. The number of hydrogen-bond donors (Lipinski definition) is 0. The fourth-order valence-electron chi connectivity index (χ4n) is 6.02. The highest BCUT2D eigenvalue weighted by atomic mass is 35.5. The van der Waals surface area contributed by atoms with E-state index < -0.39 is 0 Å². The quantitative estimate of drug-likeness (QED) is 0.579. The SMILES string of the molecule is Cc1ccc(Cl)cc1N1CCN(CC2CCc3ccccc3N2C(=O)C2CCCCC2)CC1. The fraction of sp³-hybridized carbons (Fsp3) is 0.536. The summed E-state index contributed by atoms with van der Waals surface area (Å²) in [4.78, 5) is 21.0. The van der Waals surface area contributed by atoms with Gasteiger partial charge in [-0.2, -0.15) is 0 Å². The summed E-state index contributed by atoms with van der Waals surface area (Å²) in [5, 5.41) is 0.802. The Morgan fingerprint density at radius 2 is 1.70 bits per heavy atom. The molecule has 0 bridgehead atoms. The topological polar surface area (TPSA) is 26.8 Å². The third kappa shape index (κ3) is 4.93. The van der Waals surface area contributed by atoms with E-state index in [2.05, 4.69) is 58.0 Å². The zero-order chi connectivity index (χ0) is 22.8. The standard InChI is InChI=1S/C28H36ClN3O/c1-21-11-13-24(29)19-27(21)31-17-15-30(16-18-31)20-25-14-12-22-7-5-6-10-26(22)32(25)28(33)23-8-3-2-4-9-23/h5-7,10-11,13,19,23,25H,2-4,8-9,12,14-18,20H2,1H3. The summed E-state index contributed by atoms with van der Waals surface area (Å²) in [5.41, 5.74) is 5.03. The lowest BCUT2D eigenvalue weighted by Crippen LogP contribution is -2.55. The molecule has 0 aromatic heterocycles. The van der Waals surface area contributed by atoms with Crippen molar-refractivity contribution in [3.8, 4) is 0 Å². The molecule has 0 N–H and O–H groups in total. The lowest BCUT2D eigenvalue weighted by atomic mass is 9.86. The summed E-state index contributed by atoms with van der Waals surface area (Å²) in [6.45, 7) is 7.18. The number of benzene rings is 2. The molecule has 2 fully saturated rings. The summed E-state index contributed by atoms with van der Waals surface area (Å²) in [7, 11) is 0. The highest BCUT2D eigenvalue weighted by Gasteiger charge is 2.36. The Balaban J connectivity index is 1.29. The number of aryl methyl sites for hydroxylation is 2. The first-order valence-electron chi connectivity index (χ1n) is 12.7. The van der Waals surface area contributed by atoms with Crippen molar-refractivity contribution in [3.63, 3.8) is 0 Å². The highest BCUT2D eigenvalue weighted by molar-refractivity contribution is 6.30. The van der Waals surface area contributed by atoms with Crippen LogP contribution >= 0.6 is 11.6 Å². The van der Waals surface area contributed by atoms with E-state index in [0.29, 0.717) is 5.91 Å². The number of hydrogen-bond acceptors (Lipinski definition) is 3. The van der Waals surface area contributed by atoms with E-state index in [1.807, 2.05) is 6.07 Å². The van der Waals surface area contributed by atoms with Gasteiger partial charge in [0.2, 0.25) is 5.91 Å². The molecule has 2 aromatic carbocycles. The fourth-order valence-corrected chi connectivity index (χ4v) is 6.18. The van der Waals surface area contributed by atoms with Gasteiger partial charge < -0.3 is 9.80 Å². The van der Waals surface area contributed by atoms with E-state index in [1.54, 1.807) is 0 Å². The predicted octanol–water partition coefficient (Wildman–Crippen LogP) is 5.70. The van der Waals surface area contributed by atoms with Crippen LogP contribution in [-0.4, -0.2) is 49.6 Å². The lowest BCUT2D eigenvalue weighted by Gasteiger charge is -2.44. The molecule has 3 aliphatic rings. The normalized spacial score (nSPS) is 22.3. The highest BCUT2D eigenvalue weighted by Crippen LogP contribution is 2.35. The van der Waals surface area contributed by atoms with E-state index in [-0.39, 0.29) is 12.0 Å². The minimum absolute atomic E-state index is 0.204. The second-order valence-electron chi connectivity index (χ2n) is 10.1. The van der Waals surface area contributed by atoms with Crippen molar-refractivity contribution in [3.05, 3.63) is 58.6 Å². The number of anilines is 2. The average molecular weight is 466 g/mol. The number of carbonyl (C=O) groups excluding carboxylic acids is 1. The zero-order valence-corrected chi connectivity index (χ0v) is 20.6. The third-order valence-corrected chi connectivity index (χ3v) is 8.14. The van der Waals surface area contributed by atoms with Gasteiger partial charge in [0.05, 0.1) is 0 Å². The van der Waals surface area contributed by atoms with Gasteiger partial charge in [0.1, 0.15) is 0 Å². The molecule has 5 rings (SSSR count). The van der Waals surface area contributed by atoms with Crippen LogP contribution in [-0.2, 0) is 11.2 Å². The number of fused-ring (bicyclic) bond motifs is 1. The maximum atomic E-state index is 13.8. The molecule has 1 amide bonds. The number of halogens is 1. The molecule has 5 heteroatoms. The van der Waals surface area contributed by atoms with Crippen LogP contribution in [0.2, 0.25) is 5.02 Å². The first kappa shape index (κ1) is 22.7.